The van der Waals surface area contributed by atoms with Crippen LogP contribution < -0.4 is 5.73 Å². The zero-order chi connectivity index (χ0) is 12.1. The first-order valence-electron chi connectivity index (χ1n) is 6.86. The molecule has 1 fully saturated rings. The van der Waals surface area contributed by atoms with Gasteiger partial charge in [0, 0.05) is 18.6 Å². The van der Waals surface area contributed by atoms with E-state index in [0.717, 1.165) is 19.1 Å². The fraction of sp³-hybridized carbons (Fsp3) is 0.600. The summed E-state index contributed by atoms with van der Waals surface area (Å²) in [5.41, 5.74) is 7.55. The van der Waals surface area contributed by atoms with Gasteiger partial charge >= 0.3 is 0 Å². The summed E-state index contributed by atoms with van der Waals surface area (Å²) in [6.07, 6.45) is 5.49. The van der Waals surface area contributed by atoms with Crippen LogP contribution in [0.3, 0.4) is 0 Å². The van der Waals surface area contributed by atoms with Gasteiger partial charge in [-0.1, -0.05) is 50.1 Å². The Labute approximate surface area is 105 Å². The minimum Gasteiger partial charge on any atom is -0.323 e. The first kappa shape index (κ1) is 12.6. The van der Waals surface area contributed by atoms with Crippen LogP contribution in [-0.2, 0) is 0 Å². The molecule has 0 bridgehead atoms. The Morgan fingerprint density at radius 3 is 2.47 bits per heavy atom. The zero-order valence-corrected chi connectivity index (χ0v) is 10.8. The second-order valence-corrected chi connectivity index (χ2v) is 5.04. The van der Waals surface area contributed by atoms with Gasteiger partial charge in [-0.15, -0.1) is 0 Å². The molecule has 0 radical (unpaired) electrons. The van der Waals surface area contributed by atoms with Gasteiger partial charge in [0.05, 0.1) is 0 Å². The molecule has 2 nitrogen and oxygen atoms in total. The third kappa shape index (κ3) is 3.30. The van der Waals surface area contributed by atoms with Gasteiger partial charge in [0.25, 0.3) is 0 Å². The van der Waals surface area contributed by atoms with Crippen molar-refractivity contribution in [1.29, 1.82) is 0 Å². The Hall–Kier alpha value is -0.860. The molecule has 0 amide bonds. The molecule has 0 aliphatic heterocycles. The Balaban J connectivity index is 1.94. The van der Waals surface area contributed by atoms with Gasteiger partial charge in [0.15, 0.2) is 0 Å². The minimum absolute atomic E-state index is 0.150. The van der Waals surface area contributed by atoms with Gasteiger partial charge in [0.2, 0.25) is 0 Å². The predicted molar refractivity (Wildman–Crippen MR) is 72.9 cm³/mol. The predicted octanol–water partition coefficient (Wildman–Crippen LogP) is 2.95. The van der Waals surface area contributed by atoms with Crippen molar-refractivity contribution < 1.29 is 0 Å². The summed E-state index contributed by atoms with van der Waals surface area (Å²) in [5, 5.41) is 0. The number of rotatable bonds is 5. The molecule has 1 aromatic carbocycles. The van der Waals surface area contributed by atoms with Crippen LogP contribution >= 0.6 is 0 Å². The van der Waals surface area contributed by atoms with Gasteiger partial charge in [-0.05, 0) is 24.9 Å². The van der Waals surface area contributed by atoms with E-state index in [1.165, 1.54) is 31.2 Å². The van der Waals surface area contributed by atoms with E-state index >= 15 is 0 Å². The largest absolute Gasteiger partial charge is 0.323 e. The molecule has 1 aliphatic rings. The van der Waals surface area contributed by atoms with Crippen molar-refractivity contribution in [2.24, 2.45) is 5.73 Å². The van der Waals surface area contributed by atoms with E-state index in [2.05, 4.69) is 36.1 Å². The van der Waals surface area contributed by atoms with Crippen molar-refractivity contribution >= 4 is 0 Å². The van der Waals surface area contributed by atoms with Crippen LogP contribution in [0.4, 0.5) is 0 Å². The zero-order valence-electron chi connectivity index (χ0n) is 10.8. The Bertz CT molecular complexity index is 317. The van der Waals surface area contributed by atoms with Crippen LogP contribution in [0.25, 0.3) is 0 Å². The van der Waals surface area contributed by atoms with E-state index in [-0.39, 0.29) is 6.04 Å². The molecule has 0 saturated heterocycles. The normalized spacial score (nSPS) is 18.8. The second kappa shape index (κ2) is 6.18. The average Bonchev–Trinajstić information content (AvgIpc) is 2.90. The molecule has 0 heterocycles. The first-order chi connectivity index (χ1) is 8.31. The van der Waals surface area contributed by atoms with Crippen LogP contribution in [-0.4, -0.2) is 24.0 Å². The Morgan fingerprint density at radius 2 is 1.88 bits per heavy atom. The topological polar surface area (TPSA) is 29.3 Å². The lowest BCUT2D eigenvalue weighted by Gasteiger charge is -2.30. The van der Waals surface area contributed by atoms with Gasteiger partial charge in [-0.3, -0.25) is 4.90 Å². The molecule has 0 spiro atoms. The quantitative estimate of drug-likeness (QED) is 0.845. The van der Waals surface area contributed by atoms with Crippen LogP contribution in [0.1, 0.15) is 44.2 Å². The highest BCUT2D eigenvalue weighted by molar-refractivity contribution is 5.18. The lowest BCUT2D eigenvalue weighted by molar-refractivity contribution is 0.197. The fourth-order valence-electron chi connectivity index (χ4n) is 2.86. The van der Waals surface area contributed by atoms with E-state index in [0.29, 0.717) is 0 Å². The molecule has 1 unspecified atom stereocenters. The summed E-state index contributed by atoms with van der Waals surface area (Å²) in [6, 6.07) is 11.4. The summed E-state index contributed by atoms with van der Waals surface area (Å²) >= 11 is 0. The molecule has 1 saturated carbocycles. The van der Waals surface area contributed by atoms with E-state index in [1.54, 1.807) is 0 Å². The lowest BCUT2D eigenvalue weighted by Crippen LogP contribution is -2.38. The maximum absolute atomic E-state index is 6.30. The highest BCUT2D eigenvalue weighted by Crippen LogP contribution is 2.24. The Kier molecular flexibility index (Phi) is 4.57. The van der Waals surface area contributed by atoms with Crippen LogP contribution in [0.5, 0.6) is 0 Å². The van der Waals surface area contributed by atoms with Gasteiger partial charge in [-0.25, -0.2) is 0 Å². The Morgan fingerprint density at radius 1 is 1.24 bits per heavy atom. The molecule has 2 N–H and O–H groups in total. The summed E-state index contributed by atoms with van der Waals surface area (Å²) in [6.45, 7) is 4.35. The van der Waals surface area contributed by atoms with Gasteiger partial charge < -0.3 is 5.73 Å². The highest BCUT2D eigenvalue weighted by Gasteiger charge is 2.22. The van der Waals surface area contributed by atoms with Crippen LogP contribution in [0.2, 0.25) is 0 Å². The monoisotopic (exact) mass is 232 g/mol. The molecule has 2 rings (SSSR count). The van der Waals surface area contributed by atoms with Crippen molar-refractivity contribution in [2.75, 3.05) is 13.1 Å². The van der Waals surface area contributed by atoms with Crippen LogP contribution in [0.15, 0.2) is 30.3 Å². The van der Waals surface area contributed by atoms with E-state index in [4.69, 9.17) is 5.73 Å². The average molecular weight is 232 g/mol. The fourth-order valence-corrected chi connectivity index (χ4v) is 2.86. The van der Waals surface area contributed by atoms with Crippen molar-refractivity contribution in [1.82, 2.24) is 4.90 Å². The molecule has 1 aliphatic carbocycles. The van der Waals surface area contributed by atoms with E-state index in [9.17, 15) is 0 Å². The summed E-state index contributed by atoms with van der Waals surface area (Å²) in [7, 11) is 0. The molecule has 0 aromatic heterocycles. The minimum atomic E-state index is 0.150. The summed E-state index contributed by atoms with van der Waals surface area (Å²) in [5.74, 6) is 0. The molecule has 1 aromatic rings. The maximum atomic E-state index is 6.30. The number of hydrogen-bond donors (Lipinski definition) is 1. The number of nitrogens with zero attached hydrogens (tertiary/aromatic N) is 1. The van der Waals surface area contributed by atoms with E-state index < -0.39 is 0 Å². The maximum Gasteiger partial charge on any atom is 0.0424 e. The first-order valence-corrected chi connectivity index (χ1v) is 6.86. The number of likely N-dealkylation sites (N-methyl/N-ethyl adjacent to an activating group) is 1. The van der Waals surface area contributed by atoms with Crippen molar-refractivity contribution in [3.8, 4) is 0 Å². The standard InChI is InChI=1S/C15H24N2/c1-2-17(14-10-6-7-11-14)12-15(16)13-8-4-3-5-9-13/h3-5,8-9,14-15H,2,6-7,10-12,16H2,1H3. The smallest absolute Gasteiger partial charge is 0.0424 e. The van der Waals surface area contributed by atoms with E-state index in [1.807, 2.05) is 6.07 Å². The molecule has 94 valence electrons. The molecular formula is C15H24N2. The number of nitrogens with two attached hydrogens (primary N) is 1. The third-order valence-corrected chi connectivity index (χ3v) is 3.91. The lowest BCUT2D eigenvalue weighted by atomic mass is 10.1. The van der Waals surface area contributed by atoms with Crippen LogP contribution in [0, 0.1) is 0 Å². The molecular weight excluding hydrogens is 208 g/mol. The molecule has 17 heavy (non-hydrogen) atoms. The summed E-state index contributed by atoms with van der Waals surface area (Å²) < 4.78 is 0. The molecule has 2 heteroatoms. The number of benzene rings is 1. The highest BCUT2D eigenvalue weighted by atomic mass is 15.2. The molecule has 1 atom stereocenters. The van der Waals surface area contributed by atoms with Crippen molar-refractivity contribution in [2.45, 2.75) is 44.7 Å². The van der Waals surface area contributed by atoms with Gasteiger partial charge in [-0.2, -0.15) is 0 Å². The SMILES string of the molecule is CCN(CC(N)c1ccccc1)C1CCCC1. The third-order valence-electron chi connectivity index (χ3n) is 3.91. The van der Waals surface area contributed by atoms with Crippen molar-refractivity contribution in [3.05, 3.63) is 35.9 Å². The summed E-state index contributed by atoms with van der Waals surface area (Å²) in [4.78, 5) is 2.56. The van der Waals surface area contributed by atoms with Crippen molar-refractivity contribution in [3.63, 3.8) is 0 Å². The number of hydrogen-bond acceptors (Lipinski definition) is 2. The van der Waals surface area contributed by atoms with Gasteiger partial charge in [0.1, 0.15) is 0 Å². The second-order valence-electron chi connectivity index (χ2n) is 5.04.